The van der Waals surface area contributed by atoms with E-state index in [1.54, 1.807) is 30.4 Å². The fraction of sp³-hybridized carbons (Fsp3) is 0.133. The number of ether oxygens (including phenoxy) is 1. The van der Waals surface area contributed by atoms with E-state index in [4.69, 9.17) is 16.3 Å². The first-order chi connectivity index (χ1) is 11.0. The summed E-state index contributed by atoms with van der Waals surface area (Å²) in [6.07, 6.45) is 0. The van der Waals surface area contributed by atoms with Crippen molar-refractivity contribution in [3.8, 4) is 9.88 Å². The van der Waals surface area contributed by atoms with Crippen LogP contribution in [0.4, 0.5) is 0 Å². The van der Waals surface area contributed by atoms with Crippen LogP contribution in [0.15, 0.2) is 29.6 Å². The Balaban J connectivity index is 1.68. The second-order valence-corrected chi connectivity index (χ2v) is 8.18. The number of thiophene rings is 2. The molecule has 0 saturated carbocycles. The van der Waals surface area contributed by atoms with Gasteiger partial charge < -0.3 is 4.74 Å². The number of nitrogens with zero attached hydrogens (tertiary/aromatic N) is 1. The molecular weight excluding hydrogens is 374 g/mol. The molecule has 118 valence electrons. The molecule has 0 saturated heterocycles. The summed E-state index contributed by atoms with van der Waals surface area (Å²) in [5.74, 6) is -0.797. The third kappa shape index (κ3) is 3.69. The van der Waals surface area contributed by atoms with Crippen molar-refractivity contribution in [1.82, 2.24) is 4.98 Å². The zero-order valence-electron chi connectivity index (χ0n) is 11.9. The maximum Gasteiger partial charge on any atom is 0.350 e. The molecular formula is C15H10ClNO3S3. The number of carbonyl (C=O) groups excluding carboxylic acids is 2. The highest BCUT2D eigenvalue weighted by Gasteiger charge is 2.19. The number of halogens is 1. The number of esters is 1. The van der Waals surface area contributed by atoms with E-state index < -0.39 is 5.97 Å². The zero-order chi connectivity index (χ0) is 16.4. The summed E-state index contributed by atoms with van der Waals surface area (Å²) in [5, 5.41) is 2.73. The lowest BCUT2D eigenvalue weighted by molar-refractivity contribution is 0.0479. The summed E-state index contributed by atoms with van der Waals surface area (Å²) in [5.41, 5.74) is 0.606. The number of aryl methyl sites for hydroxylation is 1. The van der Waals surface area contributed by atoms with Gasteiger partial charge in [0.2, 0.25) is 5.78 Å². The molecule has 0 bridgehead atoms. The molecule has 23 heavy (non-hydrogen) atoms. The number of hydrogen-bond acceptors (Lipinski definition) is 7. The molecule has 0 aromatic carbocycles. The Kier molecular flexibility index (Phi) is 4.91. The number of ketones is 1. The van der Waals surface area contributed by atoms with Crippen molar-refractivity contribution in [2.75, 3.05) is 6.61 Å². The van der Waals surface area contributed by atoms with Gasteiger partial charge in [0, 0.05) is 0 Å². The minimum atomic E-state index is -0.529. The lowest BCUT2D eigenvalue weighted by atomic mass is 10.3. The Bertz CT molecular complexity index is 851. The monoisotopic (exact) mass is 383 g/mol. The summed E-state index contributed by atoms with van der Waals surface area (Å²) in [4.78, 5) is 30.4. The van der Waals surface area contributed by atoms with Gasteiger partial charge in [0.1, 0.15) is 9.88 Å². The fourth-order valence-corrected chi connectivity index (χ4v) is 4.55. The van der Waals surface area contributed by atoms with Crippen LogP contribution in [0.3, 0.4) is 0 Å². The second-order valence-electron chi connectivity index (χ2n) is 4.51. The van der Waals surface area contributed by atoms with E-state index in [1.807, 2.05) is 17.5 Å². The van der Waals surface area contributed by atoms with Gasteiger partial charge >= 0.3 is 5.97 Å². The first kappa shape index (κ1) is 16.3. The van der Waals surface area contributed by atoms with Gasteiger partial charge in [-0.25, -0.2) is 9.78 Å². The predicted molar refractivity (Wildman–Crippen MR) is 94.1 cm³/mol. The molecule has 0 N–H and O–H groups in total. The molecule has 0 fully saturated rings. The van der Waals surface area contributed by atoms with Crippen LogP contribution >= 0.6 is 45.6 Å². The third-order valence-corrected chi connectivity index (χ3v) is 6.35. The van der Waals surface area contributed by atoms with Crippen molar-refractivity contribution in [2.24, 2.45) is 0 Å². The van der Waals surface area contributed by atoms with Crippen molar-refractivity contribution < 1.29 is 14.3 Å². The summed E-state index contributed by atoms with van der Waals surface area (Å²) in [7, 11) is 0. The van der Waals surface area contributed by atoms with Gasteiger partial charge in [-0.3, -0.25) is 4.79 Å². The van der Waals surface area contributed by atoms with Crippen LogP contribution in [0.1, 0.15) is 25.0 Å². The summed E-state index contributed by atoms with van der Waals surface area (Å²) in [6.45, 7) is 1.45. The maximum absolute atomic E-state index is 12.2. The molecule has 3 rings (SSSR count). The molecule has 3 aromatic rings. The molecule has 8 heteroatoms. The maximum atomic E-state index is 12.2. The van der Waals surface area contributed by atoms with Gasteiger partial charge in [-0.1, -0.05) is 17.7 Å². The number of hydrogen-bond donors (Lipinski definition) is 0. The Morgan fingerprint density at radius 1 is 1.26 bits per heavy atom. The average molecular weight is 384 g/mol. The third-order valence-electron chi connectivity index (χ3n) is 2.90. The van der Waals surface area contributed by atoms with Crippen LogP contribution in [-0.4, -0.2) is 23.3 Å². The van der Waals surface area contributed by atoms with Gasteiger partial charge in [-0.05, 0) is 30.5 Å². The summed E-state index contributed by atoms with van der Waals surface area (Å²) in [6, 6.07) is 7.14. The van der Waals surface area contributed by atoms with Crippen molar-refractivity contribution in [1.29, 1.82) is 0 Å². The van der Waals surface area contributed by atoms with Gasteiger partial charge in [-0.15, -0.1) is 34.0 Å². The molecule has 0 radical (unpaired) electrons. The van der Waals surface area contributed by atoms with E-state index >= 15 is 0 Å². The quantitative estimate of drug-likeness (QED) is 0.462. The van der Waals surface area contributed by atoms with Gasteiger partial charge in [0.05, 0.1) is 19.8 Å². The number of thiazole rings is 1. The van der Waals surface area contributed by atoms with E-state index in [9.17, 15) is 9.59 Å². The van der Waals surface area contributed by atoms with E-state index in [-0.39, 0.29) is 12.4 Å². The lowest BCUT2D eigenvalue weighted by Gasteiger charge is -2.01. The van der Waals surface area contributed by atoms with Crippen LogP contribution in [0.2, 0.25) is 4.34 Å². The van der Waals surface area contributed by atoms with E-state index in [2.05, 4.69) is 4.98 Å². The molecule has 0 unspecified atom stereocenters. The van der Waals surface area contributed by atoms with E-state index in [1.165, 1.54) is 22.7 Å². The smallest absolute Gasteiger partial charge is 0.350 e. The highest BCUT2D eigenvalue weighted by Crippen LogP contribution is 2.31. The normalized spacial score (nSPS) is 10.7. The number of rotatable bonds is 5. The number of carbonyl (C=O) groups is 2. The Morgan fingerprint density at radius 3 is 2.74 bits per heavy atom. The standard InChI is InChI=1S/C15H10ClNO3S3/c1-8-13(23-14(17-8)11-3-2-6-21-11)15(19)20-7-9(18)10-4-5-12(16)22-10/h2-6H,7H2,1H3. The minimum Gasteiger partial charge on any atom is -0.453 e. The molecule has 3 aromatic heterocycles. The van der Waals surface area contributed by atoms with Crippen LogP contribution in [-0.2, 0) is 4.74 Å². The first-order valence-corrected chi connectivity index (χ1v) is 9.40. The van der Waals surface area contributed by atoms with Crippen molar-refractivity contribution in [3.05, 3.63) is 49.4 Å². The minimum absolute atomic E-state index is 0.268. The highest BCUT2D eigenvalue weighted by molar-refractivity contribution is 7.22. The summed E-state index contributed by atoms with van der Waals surface area (Å²) >= 11 is 9.78. The second kappa shape index (κ2) is 6.92. The molecule has 0 atom stereocenters. The van der Waals surface area contributed by atoms with Crippen LogP contribution in [0.25, 0.3) is 9.88 Å². The molecule has 0 aliphatic rings. The predicted octanol–water partition coefficient (Wildman–Crippen LogP) is 4.93. The Morgan fingerprint density at radius 2 is 2.09 bits per heavy atom. The van der Waals surface area contributed by atoms with E-state index in [0.717, 1.165) is 9.88 Å². The lowest BCUT2D eigenvalue weighted by Crippen LogP contribution is -2.13. The van der Waals surface area contributed by atoms with Crippen molar-refractivity contribution in [2.45, 2.75) is 6.92 Å². The van der Waals surface area contributed by atoms with Crippen LogP contribution in [0, 0.1) is 6.92 Å². The summed E-state index contributed by atoms with van der Waals surface area (Å²) < 4.78 is 5.64. The number of aromatic nitrogens is 1. The largest absolute Gasteiger partial charge is 0.453 e. The van der Waals surface area contributed by atoms with Crippen LogP contribution in [0.5, 0.6) is 0 Å². The molecule has 0 amide bonds. The Hall–Kier alpha value is -1.54. The SMILES string of the molecule is Cc1nc(-c2cccs2)sc1C(=O)OCC(=O)c1ccc(Cl)s1. The van der Waals surface area contributed by atoms with Gasteiger partial charge in [0.25, 0.3) is 0 Å². The molecule has 3 heterocycles. The Labute approximate surface area is 149 Å². The molecule has 0 spiro atoms. The number of Topliss-reactive ketones (excluding diaryl/α,β-unsaturated/α-hetero) is 1. The van der Waals surface area contributed by atoms with Gasteiger partial charge in [0.15, 0.2) is 6.61 Å². The zero-order valence-corrected chi connectivity index (χ0v) is 15.1. The van der Waals surface area contributed by atoms with Gasteiger partial charge in [-0.2, -0.15) is 0 Å². The first-order valence-electron chi connectivity index (χ1n) is 6.51. The molecule has 4 nitrogen and oxygen atoms in total. The van der Waals surface area contributed by atoms with Crippen LogP contribution < -0.4 is 0 Å². The van der Waals surface area contributed by atoms with Crippen molar-refractivity contribution >= 4 is 57.4 Å². The molecule has 0 aliphatic heterocycles. The topological polar surface area (TPSA) is 56.3 Å². The highest BCUT2D eigenvalue weighted by atomic mass is 35.5. The molecule has 0 aliphatic carbocycles. The van der Waals surface area contributed by atoms with Crippen molar-refractivity contribution in [3.63, 3.8) is 0 Å². The average Bonchev–Trinajstić information content (AvgIpc) is 3.24. The van der Waals surface area contributed by atoms with E-state index in [0.29, 0.717) is 19.8 Å². The fourth-order valence-electron chi connectivity index (χ4n) is 1.82.